The average Bonchev–Trinajstić information content (AvgIpc) is 3.15. The molecule has 3 rings (SSSR count). The van der Waals surface area contributed by atoms with Crippen LogP contribution in [0.15, 0.2) is 43.9 Å². The normalized spacial score (nSPS) is 10.6. The number of hydrogen-bond acceptors (Lipinski definition) is 6. The minimum atomic E-state index is -0.372. The van der Waals surface area contributed by atoms with Crippen molar-refractivity contribution >= 4 is 21.8 Å². The SMILES string of the molecule is Cc1noc(CNC(=O)c2cc(-c3ccc(Br)cc3)on2)n1. The lowest BCUT2D eigenvalue weighted by molar-refractivity contribution is 0.0937. The number of halogens is 1. The van der Waals surface area contributed by atoms with E-state index in [-0.39, 0.29) is 18.1 Å². The van der Waals surface area contributed by atoms with Gasteiger partial charge >= 0.3 is 0 Å². The van der Waals surface area contributed by atoms with Crippen LogP contribution >= 0.6 is 15.9 Å². The Kier molecular flexibility index (Phi) is 4.01. The van der Waals surface area contributed by atoms with E-state index in [4.69, 9.17) is 9.05 Å². The number of carbonyl (C=O) groups excluding carboxylic acids is 1. The van der Waals surface area contributed by atoms with Gasteiger partial charge in [-0.3, -0.25) is 4.79 Å². The van der Waals surface area contributed by atoms with Crippen LogP contribution in [0.5, 0.6) is 0 Å². The molecule has 3 aromatic rings. The molecule has 0 spiro atoms. The van der Waals surface area contributed by atoms with Gasteiger partial charge in [0.15, 0.2) is 17.3 Å². The first kappa shape index (κ1) is 14.5. The molecule has 0 radical (unpaired) electrons. The monoisotopic (exact) mass is 362 g/mol. The molecule has 1 amide bonds. The number of aromatic nitrogens is 3. The fourth-order valence-corrected chi connectivity index (χ4v) is 2.06. The Morgan fingerprint density at radius 3 is 2.68 bits per heavy atom. The minimum absolute atomic E-state index is 0.139. The topological polar surface area (TPSA) is 94.1 Å². The molecule has 1 aromatic carbocycles. The lowest BCUT2D eigenvalue weighted by atomic mass is 10.1. The van der Waals surface area contributed by atoms with Crippen molar-refractivity contribution in [2.24, 2.45) is 0 Å². The Morgan fingerprint density at radius 1 is 1.23 bits per heavy atom. The second-order valence-electron chi connectivity index (χ2n) is 4.50. The van der Waals surface area contributed by atoms with Crippen LogP contribution in [0.4, 0.5) is 0 Å². The molecule has 112 valence electrons. The molecular formula is C14H11BrN4O3. The molecule has 0 bridgehead atoms. The first-order chi connectivity index (χ1) is 10.6. The zero-order valence-electron chi connectivity index (χ0n) is 11.5. The molecule has 0 aliphatic rings. The first-order valence-corrected chi connectivity index (χ1v) is 7.21. The van der Waals surface area contributed by atoms with Gasteiger partial charge in [-0.2, -0.15) is 4.98 Å². The van der Waals surface area contributed by atoms with Crippen molar-refractivity contribution in [2.45, 2.75) is 13.5 Å². The molecule has 0 saturated carbocycles. The zero-order valence-corrected chi connectivity index (χ0v) is 13.1. The number of benzene rings is 1. The molecule has 0 saturated heterocycles. The van der Waals surface area contributed by atoms with E-state index in [0.29, 0.717) is 17.5 Å². The third kappa shape index (κ3) is 3.22. The van der Waals surface area contributed by atoms with Gasteiger partial charge in [0.25, 0.3) is 5.91 Å². The van der Waals surface area contributed by atoms with E-state index >= 15 is 0 Å². The number of rotatable bonds is 4. The standard InChI is InChI=1S/C14H11BrN4O3/c1-8-17-13(22-18-8)7-16-14(20)11-6-12(21-19-11)9-2-4-10(15)5-3-9/h2-6H,7H2,1H3,(H,16,20). The van der Waals surface area contributed by atoms with E-state index in [1.807, 2.05) is 24.3 Å². The van der Waals surface area contributed by atoms with Crippen molar-refractivity contribution in [1.29, 1.82) is 0 Å². The zero-order chi connectivity index (χ0) is 15.5. The highest BCUT2D eigenvalue weighted by atomic mass is 79.9. The van der Waals surface area contributed by atoms with Crippen LogP contribution in [-0.4, -0.2) is 21.2 Å². The summed E-state index contributed by atoms with van der Waals surface area (Å²) in [4.78, 5) is 16.0. The van der Waals surface area contributed by atoms with E-state index < -0.39 is 0 Å². The third-order valence-corrected chi connectivity index (χ3v) is 3.37. The molecule has 0 atom stereocenters. The van der Waals surface area contributed by atoms with Gasteiger partial charge in [-0.05, 0) is 19.1 Å². The van der Waals surface area contributed by atoms with Crippen LogP contribution in [0.1, 0.15) is 22.2 Å². The maximum absolute atomic E-state index is 12.0. The number of amides is 1. The second kappa shape index (κ2) is 6.10. The van der Waals surface area contributed by atoms with E-state index in [1.165, 1.54) is 0 Å². The van der Waals surface area contributed by atoms with E-state index in [1.54, 1.807) is 13.0 Å². The highest BCUT2D eigenvalue weighted by Gasteiger charge is 2.14. The summed E-state index contributed by atoms with van der Waals surface area (Å²) in [6.45, 7) is 1.84. The van der Waals surface area contributed by atoms with Crippen molar-refractivity contribution in [3.8, 4) is 11.3 Å². The fourth-order valence-electron chi connectivity index (χ4n) is 1.79. The summed E-state index contributed by atoms with van der Waals surface area (Å²) < 4.78 is 11.1. The maximum atomic E-state index is 12.0. The predicted molar refractivity (Wildman–Crippen MR) is 79.8 cm³/mol. The van der Waals surface area contributed by atoms with Crippen molar-refractivity contribution in [2.75, 3.05) is 0 Å². The molecule has 7 nitrogen and oxygen atoms in total. The van der Waals surface area contributed by atoms with Gasteiger partial charge in [0.05, 0.1) is 6.54 Å². The van der Waals surface area contributed by atoms with Gasteiger partial charge in [-0.15, -0.1) is 0 Å². The molecule has 22 heavy (non-hydrogen) atoms. The molecule has 0 fully saturated rings. The lowest BCUT2D eigenvalue weighted by Gasteiger charge is -1.97. The lowest BCUT2D eigenvalue weighted by Crippen LogP contribution is -2.23. The molecule has 1 N–H and O–H groups in total. The van der Waals surface area contributed by atoms with Gasteiger partial charge < -0.3 is 14.4 Å². The van der Waals surface area contributed by atoms with Crippen LogP contribution in [0.2, 0.25) is 0 Å². The van der Waals surface area contributed by atoms with Gasteiger partial charge in [0.1, 0.15) is 0 Å². The fraction of sp³-hybridized carbons (Fsp3) is 0.143. The summed E-state index contributed by atoms with van der Waals surface area (Å²) in [6.07, 6.45) is 0. The van der Waals surface area contributed by atoms with E-state index in [0.717, 1.165) is 10.0 Å². The molecular weight excluding hydrogens is 352 g/mol. The Morgan fingerprint density at radius 2 is 2.00 bits per heavy atom. The van der Waals surface area contributed by atoms with Crippen molar-refractivity contribution in [1.82, 2.24) is 20.6 Å². The summed E-state index contributed by atoms with van der Waals surface area (Å²) >= 11 is 3.36. The number of nitrogens with one attached hydrogen (secondary N) is 1. The minimum Gasteiger partial charge on any atom is -0.355 e. The van der Waals surface area contributed by atoms with Crippen LogP contribution < -0.4 is 5.32 Å². The van der Waals surface area contributed by atoms with Crippen molar-refractivity contribution in [3.05, 3.63) is 52.2 Å². The average molecular weight is 363 g/mol. The van der Waals surface area contributed by atoms with Gasteiger partial charge in [-0.1, -0.05) is 38.4 Å². The third-order valence-electron chi connectivity index (χ3n) is 2.84. The summed E-state index contributed by atoms with van der Waals surface area (Å²) in [7, 11) is 0. The highest BCUT2D eigenvalue weighted by Crippen LogP contribution is 2.22. The largest absolute Gasteiger partial charge is 0.355 e. The molecule has 0 aliphatic heterocycles. The van der Waals surface area contributed by atoms with E-state index in [2.05, 4.69) is 36.5 Å². The Hall–Kier alpha value is -2.48. The van der Waals surface area contributed by atoms with Gasteiger partial charge in [-0.25, -0.2) is 0 Å². The van der Waals surface area contributed by atoms with Gasteiger partial charge in [0.2, 0.25) is 5.89 Å². The predicted octanol–water partition coefficient (Wildman–Crippen LogP) is 2.73. The number of nitrogens with zero attached hydrogens (tertiary/aromatic N) is 3. The number of aryl methyl sites for hydroxylation is 1. The molecule has 8 heteroatoms. The summed E-state index contributed by atoms with van der Waals surface area (Å²) in [6, 6.07) is 9.09. The first-order valence-electron chi connectivity index (χ1n) is 6.42. The summed E-state index contributed by atoms with van der Waals surface area (Å²) in [5.74, 6) is 1.000. The summed E-state index contributed by atoms with van der Waals surface area (Å²) in [5.41, 5.74) is 1.02. The Labute approximate surface area is 133 Å². The molecule has 0 aliphatic carbocycles. The van der Waals surface area contributed by atoms with Crippen LogP contribution in [-0.2, 0) is 6.54 Å². The smallest absolute Gasteiger partial charge is 0.273 e. The maximum Gasteiger partial charge on any atom is 0.273 e. The van der Waals surface area contributed by atoms with Crippen LogP contribution in [0.25, 0.3) is 11.3 Å². The second-order valence-corrected chi connectivity index (χ2v) is 5.42. The van der Waals surface area contributed by atoms with Gasteiger partial charge in [0, 0.05) is 16.1 Å². The highest BCUT2D eigenvalue weighted by molar-refractivity contribution is 9.10. The quantitative estimate of drug-likeness (QED) is 0.766. The molecule has 0 unspecified atom stereocenters. The molecule has 2 heterocycles. The van der Waals surface area contributed by atoms with Crippen LogP contribution in [0.3, 0.4) is 0 Å². The summed E-state index contributed by atoms with van der Waals surface area (Å²) in [5, 5.41) is 10.0. The Balaban J connectivity index is 1.67. The van der Waals surface area contributed by atoms with E-state index in [9.17, 15) is 4.79 Å². The van der Waals surface area contributed by atoms with Crippen molar-refractivity contribution < 1.29 is 13.8 Å². The Bertz CT molecular complexity index is 795. The van der Waals surface area contributed by atoms with Crippen LogP contribution in [0, 0.1) is 6.92 Å². The van der Waals surface area contributed by atoms with Crippen molar-refractivity contribution in [3.63, 3.8) is 0 Å². The molecule has 2 aromatic heterocycles. The number of hydrogen-bond donors (Lipinski definition) is 1. The number of carbonyl (C=O) groups is 1.